The summed E-state index contributed by atoms with van der Waals surface area (Å²) in [6.07, 6.45) is 3.34. The standard InChI is InChI=1S/C27H32N4O4/c1-5-16-35-20-11-8-10-19(17-20)24-22(26(33)27(34)31(24)15-9-13-29(3)4)25(32)23-18(2)28-21-12-6-7-14-30(21)23/h6-8,10-12,14,17,24,32H,5,9,13,15-16H2,1-4H3. The smallest absolute Gasteiger partial charge is 0.295 e. The van der Waals surface area contributed by atoms with E-state index in [2.05, 4.69) is 4.98 Å². The lowest BCUT2D eigenvalue weighted by Gasteiger charge is -2.26. The second-order valence-corrected chi connectivity index (χ2v) is 9.04. The number of aryl methyl sites for hydroxylation is 1. The fourth-order valence-corrected chi connectivity index (χ4v) is 4.54. The fourth-order valence-electron chi connectivity index (χ4n) is 4.54. The molecule has 1 aliphatic heterocycles. The van der Waals surface area contributed by atoms with Crippen LogP contribution in [0.25, 0.3) is 11.4 Å². The predicted octanol–water partition coefficient (Wildman–Crippen LogP) is 3.80. The number of hydrogen-bond acceptors (Lipinski definition) is 6. The third-order valence-corrected chi connectivity index (χ3v) is 6.12. The van der Waals surface area contributed by atoms with Crippen molar-refractivity contribution in [2.75, 3.05) is 33.8 Å². The van der Waals surface area contributed by atoms with E-state index >= 15 is 0 Å². The lowest BCUT2D eigenvalue weighted by atomic mass is 9.96. The lowest BCUT2D eigenvalue weighted by Crippen LogP contribution is -2.32. The quantitative estimate of drug-likeness (QED) is 0.287. The van der Waals surface area contributed by atoms with Gasteiger partial charge in [0, 0.05) is 12.7 Å². The number of aliphatic hydroxyl groups excluding tert-OH is 1. The fraction of sp³-hybridized carbons (Fsp3) is 0.370. The number of nitrogens with zero attached hydrogens (tertiary/aromatic N) is 4. The maximum atomic E-state index is 13.4. The minimum Gasteiger partial charge on any atom is -0.505 e. The zero-order chi connectivity index (χ0) is 25.1. The average molecular weight is 477 g/mol. The van der Waals surface area contributed by atoms with Gasteiger partial charge in [0.1, 0.15) is 17.1 Å². The molecule has 8 heteroatoms. The molecule has 1 unspecified atom stereocenters. The van der Waals surface area contributed by atoms with Crippen LogP contribution in [0.4, 0.5) is 0 Å². The Bertz CT molecular complexity index is 1280. The van der Waals surface area contributed by atoms with Gasteiger partial charge < -0.3 is 19.6 Å². The molecule has 0 spiro atoms. The van der Waals surface area contributed by atoms with Gasteiger partial charge in [0.15, 0.2) is 5.76 Å². The highest BCUT2D eigenvalue weighted by atomic mass is 16.5. The minimum atomic E-state index is -0.726. The van der Waals surface area contributed by atoms with Gasteiger partial charge in [0.05, 0.1) is 23.9 Å². The van der Waals surface area contributed by atoms with Crippen molar-refractivity contribution in [2.24, 2.45) is 0 Å². The molecule has 0 aliphatic carbocycles. The summed E-state index contributed by atoms with van der Waals surface area (Å²) in [5.41, 5.74) is 2.43. The Morgan fingerprint density at radius 3 is 2.71 bits per heavy atom. The predicted molar refractivity (Wildman–Crippen MR) is 134 cm³/mol. The van der Waals surface area contributed by atoms with E-state index in [-0.39, 0.29) is 11.3 Å². The number of imidazole rings is 1. The van der Waals surface area contributed by atoms with Gasteiger partial charge in [-0.05, 0) is 70.2 Å². The van der Waals surface area contributed by atoms with Gasteiger partial charge in [-0.25, -0.2) is 4.98 Å². The summed E-state index contributed by atoms with van der Waals surface area (Å²) in [6.45, 7) is 5.52. The summed E-state index contributed by atoms with van der Waals surface area (Å²) in [5.74, 6) is -0.863. The number of likely N-dealkylation sites (tertiary alicyclic amines) is 1. The number of rotatable bonds is 9. The molecule has 1 aromatic carbocycles. The normalized spacial score (nSPS) is 17.6. The number of fused-ring (bicyclic) bond motifs is 1. The van der Waals surface area contributed by atoms with Crippen LogP contribution in [0.5, 0.6) is 5.75 Å². The molecule has 0 bridgehead atoms. The maximum absolute atomic E-state index is 13.4. The highest BCUT2D eigenvalue weighted by molar-refractivity contribution is 6.46. The zero-order valence-electron chi connectivity index (χ0n) is 20.7. The van der Waals surface area contributed by atoms with Crippen LogP contribution < -0.4 is 4.74 Å². The first kappa shape index (κ1) is 24.5. The molecule has 1 fully saturated rings. The molecule has 4 rings (SSSR count). The molecule has 8 nitrogen and oxygen atoms in total. The molecule has 2 aromatic heterocycles. The van der Waals surface area contributed by atoms with Crippen LogP contribution in [-0.2, 0) is 9.59 Å². The van der Waals surface area contributed by atoms with E-state index in [1.54, 1.807) is 22.4 Å². The molecule has 1 aliphatic rings. The van der Waals surface area contributed by atoms with Crippen LogP contribution in [0, 0.1) is 6.92 Å². The van der Waals surface area contributed by atoms with Crippen LogP contribution in [0.15, 0.2) is 54.2 Å². The van der Waals surface area contributed by atoms with Crippen molar-refractivity contribution < 1.29 is 19.4 Å². The zero-order valence-corrected chi connectivity index (χ0v) is 20.7. The second-order valence-electron chi connectivity index (χ2n) is 9.04. The second kappa shape index (κ2) is 10.3. The summed E-state index contributed by atoms with van der Waals surface area (Å²) < 4.78 is 7.55. The van der Waals surface area contributed by atoms with Gasteiger partial charge >= 0.3 is 0 Å². The molecular formula is C27H32N4O4. The van der Waals surface area contributed by atoms with Crippen molar-refractivity contribution in [3.8, 4) is 5.75 Å². The van der Waals surface area contributed by atoms with E-state index in [9.17, 15) is 14.7 Å². The van der Waals surface area contributed by atoms with Gasteiger partial charge in [-0.1, -0.05) is 25.1 Å². The first-order valence-electron chi connectivity index (χ1n) is 11.9. The van der Waals surface area contributed by atoms with Gasteiger partial charge in [-0.3, -0.25) is 14.0 Å². The van der Waals surface area contributed by atoms with Crippen molar-refractivity contribution in [3.63, 3.8) is 0 Å². The van der Waals surface area contributed by atoms with Gasteiger partial charge in [0.2, 0.25) is 0 Å². The van der Waals surface area contributed by atoms with E-state index in [1.807, 2.05) is 68.4 Å². The third kappa shape index (κ3) is 4.79. The summed E-state index contributed by atoms with van der Waals surface area (Å²) >= 11 is 0. The minimum absolute atomic E-state index is 0.0706. The van der Waals surface area contributed by atoms with Crippen molar-refractivity contribution in [3.05, 3.63) is 71.2 Å². The van der Waals surface area contributed by atoms with E-state index in [0.717, 1.165) is 18.5 Å². The van der Waals surface area contributed by atoms with Crippen LogP contribution in [0.1, 0.15) is 42.8 Å². The van der Waals surface area contributed by atoms with Gasteiger partial charge in [-0.15, -0.1) is 0 Å². The number of Topliss-reactive ketones (excluding diaryl/α,β-unsaturated/α-hetero) is 1. The molecule has 1 saturated heterocycles. The van der Waals surface area contributed by atoms with Crippen LogP contribution >= 0.6 is 0 Å². The average Bonchev–Trinajstić information content (AvgIpc) is 3.30. The first-order valence-corrected chi connectivity index (χ1v) is 11.9. The summed E-state index contributed by atoms with van der Waals surface area (Å²) in [5, 5.41) is 11.5. The molecule has 3 aromatic rings. The topological polar surface area (TPSA) is 87.4 Å². The number of carbonyl (C=O) groups excluding carboxylic acids is 2. The van der Waals surface area contributed by atoms with E-state index in [4.69, 9.17) is 4.74 Å². The monoisotopic (exact) mass is 476 g/mol. The number of aromatic nitrogens is 2. The molecule has 1 N–H and O–H groups in total. The number of benzene rings is 1. The third-order valence-electron chi connectivity index (χ3n) is 6.12. The molecule has 0 saturated carbocycles. The number of ether oxygens (including phenoxy) is 1. The largest absolute Gasteiger partial charge is 0.505 e. The van der Waals surface area contributed by atoms with Crippen molar-refractivity contribution in [1.82, 2.24) is 19.2 Å². The van der Waals surface area contributed by atoms with Crippen LogP contribution in [0.2, 0.25) is 0 Å². The van der Waals surface area contributed by atoms with Crippen LogP contribution in [0.3, 0.4) is 0 Å². The number of carbonyl (C=O) groups is 2. The van der Waals surface area contributed by atoms with E-state index in [0.29, 0.717) is 42.4 Å². The SMILES string of the molecule is CCCOc1cccc(C2C(=C(O)c3c(C)nc4ccccn34)C(=O)C(=O)N2CCCN(C)C)c1. The highest BCUT2D eigenvalue weighted by Crippen LogP contribution is 2.40. The Kier molecular flexibility index (Phi) is 7.21. The Labute approximate surface area is 205 Å². The number of pyridine rings is 1. The number of amides is 1. The molecule has 35 heavy (non-hydrogen) atoms. The summed E-state index contributed by atoms with van der Waals surface area (Å²) in [7, 11) is 3.93. The Balaban J connectivity index is 1.86. The van der Waals surface area contributed by atoms with E-state index < -0.39 is 17.7 Å². The van der Waals surface area contributed by atoms with Crippen molar-refractivity contribution in [2.45, 2.75) is 32.7 Å². The molecular weight excluding hydrogens is 444 g/mol. The molecule has 0 radical (unpaired) electrons. The Hall–Kier alpha value is -3.65. The lowest BCUT2D eigenvalue weighted by molar-refractivity contribution is -0.139. The summed E-state index contributed by atoms with van der Waals surface area (Å²) in [4.78, 5) is 34.7. The van der Waals surface area contributed by atoms with E-state index in [1.165, 1.54) is 0 Å². The van der Waals surface area contributed by atoms with Gasteiger partial charge in [0.25, 0.3) is 11.7 Å². The Morgan fingerprint density at radius 2 is 1.97 bits per heavy atom. The number of hydrogen-bond donors (Lipinski definition) is 1. The van der Waals surface area contributed by atoms with Crippen molar-refractivity contribution >= 4 is 23.1 Å². The number of aliphatic hydroxyl groups is 1. The number of ketones is 1. The van der Waals surface area contributed by atoms with Gasteiger partial charge in [-0.2, -0.15) is 0 Å². The molecule has 184 valence electrons. The highest BCUT2D eigenvalue weighted by Gasteiger charge is 2.46. The molecule has 3 heterocycles. The first-order chi connectivity index (χ1) is 16.8. The maximum Gasteiger partial charge on any atom is 0.295 e. The molecule has 1 atom stereocenters. The summed E-state index contributed by atoms with van der Waals surface area (Å²) in [6, 6.07) is 12.2. The Morgan fingerprint density at radius 1 is 1.17 bits per heavy atom. The van der Waals surface area contributed by atoms with Crippen molar-refractivity contribution in [1.29, 1.82) is 0 Å². The molecule has 1 amide bonds. The van der Waals surface area contributed by atoms with Crippen LogP contribution in [-0.4, -0.2) is 69.8 Å².